The number of aromatic nitrogens is 1. The molecular weight excluding hydrogens is 235 g/mol. The molecule has 64 valence electrons. The molecule has 4 heteroatoms. The molecule has 2 rings (SSSR count). The van der Waals surface area contributed by atoms with Gasteiger partial charge in [-0.3, -0.25) is 0 Å². The molecule has 0 aliphatic heterocycles. The van der Waals surface area contributed by atoms with E-state index in [0.717, 1.165) is 4.47 Å². The van der Waals surface area contributed by atoms with Crippen LogP contribution >= 0.6 is 15.9 Å². The van der Waals surface area contributed by atoms with Crippen LogP contribution in [-0.2, 0) is 0 Å². The first-order valence-corrected chi connectivity index (χ1v) is 4.38. The lowest BCUT2D eigenvalue weighted by atomic mass is 10.2. The summed E-state index contributed by atoms with van der Waals surface area (Å²) in [6.07, 6.45) is 1.50. The third kappa shape index (κ3) is 1.12. The molecule has 0 spiro atoms. The molecule has 13 heavy (non-hydrogen) atoms. The number of H-pyrrole nitrogens is 1. The standard InChI is InChI=1S/C9H4BrFN2/c10-6-1-2-7(11)8-5(3-12)4-13-9(6)8/h1-2,4,13H. The van der Waals surface area contributed by atoms with Crippen LogP contribution in [0.1, 0.15) is 5.56 Å². The molecule has 1 aromatic heterocycles. The van der Waals surface area contributed by atoms with Gasteiger partial charge in [0.25, 0.3) is 0 Å². The second-order valence-electron chi connectivity index (χ2n) is 2.59. The summed E-state index contributed by atoms with van der Waals surface area (Å²) in [4.78, 5) is 2.84. The highest BCUT2D eigenvalue weighted by molar-refractivity contribution is 9.10. The van der Waals surface area contributed by atoms with Gasteiger partial charge in [0.15, 0.2) is 0 Å². The molecule has 0 atom stereocenters. The minimum absolute atomic E-state index is 0.328. The van der Waals surface area contributed by atoms with E-state index < -0.39 is 0 Å². The van der Waals surface area contributed by atoms with E-state index in [9.17, 15) is 4.39 Å². The number of benzene rings is 1. The number of halogens is 2. The molecule has 2 aromatic rings. The van der Waals surface area contributed by atoms with Gasteiger partial charge in [0.2, 0.25) is 0 Å². The fraction of sp³-hybridized carbons (Fsp3) is 0. The summed E-state index contributed by atoms with van der Waals surface area (Å²) in [6.45, 7) is 0. The number of hydrogen-bond acceptors (Lipinski definition) is 1. The molecule has 2 nitrogen and oxygen atoms in total. The van der Waals surface area contributed by atoms with E-state index >= 15 is 0 Å². The van der Waals surface area contributed by atoms with E-state index in [1.54, 1.807) is 6.07 Å². The molecular formula is C9H4BrFN2. The maximum Gasteiger partial charge on any atom is 0.133 e. The fourth-order valence-corrected chi connectivity index (χ4v) is 1.71. The monoisotopic (exact) mass is 238 g/mol. The van der Waals surface area contributed by atoms with Crippen LogP contribution in [0.15, 0.2) is 22.8 Å². The number of nitrogens with one attached hydrogen (secondary N) is 1. The van der Waals surface area contributed by atoms with Gasteiger partial charge in [0.05, 0.1) is 16.5 Å². The van der Waals surface area contributed by atoms with Gasteiger partial charge in [-0.1, -0.05) is 0 Å². The normalized spacial score (nSPS) is 10.2. The van der Waals surface area contributed by atoms with Gasteiger partial charge < -0.3 is 4.98 Å². The van der Waals surface area contributed by atoms with Gasteiger partial charge in [0, 0.05) is 10.7 Å². The van der Waals surface area contributed by atoms with Crippen LogP contribution in [-0.4, -0.2) is 4.98 Å². The van der Waals surface area contributed by atoms with E-state index in [0.29, 0.717) is 16.5 Å². The lowest BCUT2D eigenvalue weighted by molar-refractivity contribution is 0.639. The molecule has 0 saturated carbocycles. The van der Waals surface area contributed by atoms with Crippen molar-refractivity contribution >= 4 is 26.8 Å². The quantitative estimate of drug-likeness (QED) is 0.754. The van der Waals surface area contributed by atoms with Crippen LogP contribution < -0.4 is 0 Å². The van der Waals surface area contributed by atoms with Gasteiger partial charge in [-0.05, 0) is 28.1 Å². The lowest BCUT2D eigenvalue weighted by Crippen LogP contribution is -1.79. The highest BCUT2D eigenvalue weighted by Gasteiger charge is 2.10. The molecule has 0 bridgehead atoms. The molecule has 0 aliphatic rings. The molecule has 0 unspecified atom stereocenters. The molecule has 1 aromatic carbocycles. The van der Waals surface area contributed by atoms with Crippen molar-refractivity contribution in [2.24, 2.45) is 0 Å². The molecule has 0 fully saturated rings. The summed E-state index contributed by atoms with van der Waals surface area (Å²) in [6, 6.07) is 4.87. The first-order valence-electron chi connectivity index (χ1n) is 3.59. The van der Waals surface area contributed by atoms with Gasteiger partial charge in [0.1, 0.15) is 11.9 Å². The number of hydrogen-bond donors (Lipinski definition) is 1. The van der Waals surface area contributed by atoms with Crippen molar-refractivity contribution in [3.8, 4) is 6.07 Å². The van der Waals surface area contributed by atoms with Crippen LogP contribution in [0, 0.1) is 17.1 Å². The SMILES string of the molecule is N#Cc1c[nH]c2c(Br)ccc(F)c12. The van der Waals surface area contributed by atoms with Crippen LogP contribution in [0.3, 0.4) is 0 Å². The van der Waals surface area contributed by atoms with Gasteiger partial charge in [-0.2, -0.15) is 5.26 Å². The topological polar surface area (TPSA) is 39.6 Å². The maximum absolute atomic E-state index is 13.3. The first kappa shape index (κ1) is 8.27. The maximum atomic E-state index is 13.3. The van der Waals surface area contributed by atoms with Crippen LogP contribution in [0.4, 0.5) is 4.39 Å². The Balaban J connectivity index is 2.98. The number of nitrogens with zero attached hydrogens (tertiary/aromatic N) is 1. The molecule has 1 N–H and O–H groups in total. The number of rotatable bonds is 0. The predicted molar refractivity (Wildman–Crippen MR) is 50.7 cm³/mol. The average Bonchev–Trinajstić information content (AvgIpc) is 2.56. The third-order valence-electron chi connectivity index (χ3n) is 1.85. The number of aromatic amines is 1. The van der Waals surface area contributed by atoms with Gasteiger partial charge in [-0.25, -0.2) is 4.39 Å². The van der Waals surface area contributed by atoms with Gasteiger partial charge >= 0.3 is 0 Å². The van der Waals surface area contributed by atoms with E-state index in [-0.39, 0.29) is 5.82 Å². The van der Waals surface area contributed by atoms with Crippen LogP contribution in [0.25, 0.3) is 10.9 Å². The van der Waals surface area contributed by atoms with Crippen molar-refractivity contribution in [2.75, 3.05) is 0 Å². The lowest BCUT2D eigenvalue weighted by Gasteiger charge is -1.95. The molecule has 0 amide bonds. The first-order chi connectivity index (χ1) is 6.24. The van der Waals surface area contributed by atoms with E-state index in [1.807, 2.05) is 6.07 Å². The zero-order chi connectivity index (χ0) is 9.42. The van der Waals surface area contributed by atoms with Crippen molar-refractivity contribution in [3.63, 3.8) is 0 Å². The highest BCUT2D eigenvalue weighted by atomic mass is 79.9. The van der Waals surface area contributed by atoms with Crippen LogP contribution in [0.2, 0.25) is 0 Å². The Morgan fingerprint density at radius 3 is 2.92 bits per heavy atom. The zero-order valence-electron chi connectivity index (χ0n) is 6.44. The van der Waals surface area contributed by atoms with Crippen molar-refractivity contribution in [1.82, 2.24) is 4.98 Å². The summed E-state index contributed by atoms with van der Waals surface area (Å²) in [5.74, 6) is -0.379. The van der Waals surface area contributed by atoms with E-state index in [2.05, 4.69) is 20.9 Å². The number of nitriles is 1. The molecule has 1 heterocycles. The smallest absolute Gasteiger partial charge is 0.133 e. The Morgan fingerprint density at radius 2 is 2.23 bits per heavy atom. The summed E-state index contributed by atoms with van der Waals surface area (Å²) < 4.78 is 14.0. The Bertz CT molecular complexity index is 510. The summed E-state index contributed by atoms with van der Waals surface area (Å²) in [5, 5.41) is 9.03. The molecule has 0 aliphatic carbocycles. The Kier molecular flexibility index (Phi) is 1.82. The summed E-state index contributed by atoms with van der Waals surface area (Å²) in [7, 11) is 0. The second-order valence-corrected chi connectivity index (χ2v) is 3.45. The minimum atomic E-state index is -0.379. The van der Waals surface area contributed by atoms with Crippen LogP contribution in [0.5, 0.6) is 0 Å². The third-order valence-corrected chi connectivity index (χ3v) is 2.52. The molecule has 0 saturated heterocycles. The second kappa shape index (κ2) is 2.86. The summed E-state index contributed by atoms with van der Waals surface area (Å²) in [5.41, 5.74) is 0.949. The molecule has 0 radical (unpaired) electrons. The largest absolute Gasteiger partial charge is 0.359 e. The van der Waals surface area contributed by atoms with Crippen molar-refractivity contribution < 1.29 is 4.39 Å². The zero-order valence-corrected chi connectivity index (χ0v) is 8.02. The van der Waals surface area contributed by atoms with E-state index in [1.165, 1.54) is 12.3 Å². The average molecular weight is 239 g/mol. The Hall–Kier alpha value is -1.34. The van der Waals surface area contributed by atoms with Crippen molar-refractivity contribution in [3.05, 3.63) is 34.2 Å². The Morgan fingerprint density at radius 1 is 1.46 bits per heavy atom. The fourth-order valence-electron chi connectivity index (χ4n) is 1.26. The highest BCUT2D eigenvalue weighted by Crippen LogP contribution is 2.27. The minimum Gasteiger partial charge on any atom is -0.359 e. The number of fused-ring (bicyclic) bond motifs is 1. The van der Waals surface area contributed by atoms with Crippen molar-refractivity contribution in [1.29, 1.82) is 5.26 Å². The summed E-state index contributed by atoms with van der Waals surface area (Å²) >= 11 is 3.27. The van der Waals surface area contributed by atoms with Gasteiger partial charge in [-0.15, -0.1) is 0 Å². The predicted octanol–water partition coefficient (Wildman–Crippen LogP) is 2.94. The van der Waals surface area contributed by atoms with E-state index in [4.69, 9.17) is 5.26 Å². The van der Waals surface area contributed by atoms with Crippen molar-refractivity contribution in [2.45, 2.75) is 0 Å². The Labute approximate surface area is 82.1 Å².